The van der Waals surface area contributed by atoms with Crippen molar-refractivity contribution in [3.8, 4) is 0 Å². The number of piperazine rings is 1. The van der Waals surface area contributed by atoms with Gasteiger partial charge in [0.25, 0.3) is 0 Å². The SMILES string of the molecule is C=CC(=O)N1CC2CC1CN2CCCc1nc2c(=C3C(Cl)=C(OC)C=C(OC)C3Cl)cc3c(n2n1)=NC(=NC)NC3. The molecule has 0 aromatic carbocycles. The van der Waals surface area contributed by atoms with Gasteiger partial charge in [-0.2, -0.15) is 9.51 Å². The largest absolute Gasteiger partial charge is 0.499 e. The number of hydrogen-bond donors (Lipinski definition) is 1. The Kier molecular flexibility index (Phi) is 7.52. The standard InChI is InChI=1S/C28H32Cl2N8O3/c1-5-22(39)37-14-16-10-17(37)13-36(16)8-6-7-21-33-27-18(23-24(29)19(40-3)11-20(41-4)25(23)30)9-15-12-32-28(31-2)34-26(15)38(27)35-21/h5,9,11,16-17,24H,1,6-8,10,12-14H2,2-4H3,(H,31,32). The van der Waals surface area contributed by atoms with Crippen LogP contribution >= 0.6 is 23.2 Å². The number of halogens is 2. The van der Waals surface area contributed by atoms with Gasteiger partial charge in [0.2, 0.25) is 11.9 Å². The summed E-state index contributed by atoms with van der Waals surface area (Å²) >= 11 is 13.8. The maximum atomic E-state index is 12.1. The van der Waals surface area contributed by atoms with E-state index in [1.165, 1.54) is 6.08 Å². The zero-order valence-electron chi connectivity index (χ0n) is 23.2. The van der Waals surface area contributed by atoms with Crippen molar-refractivity contribution in [2.24, 2.45) is 9.98 Å². The second-order valence-electron chi connectivity index (χ2n) is 10.4. The minimum Gasteiger partial charge on any atom is -0.499 e. The van der Waals surface area contributed by atoms with Crippen molar-refractivity contribution < 1.29 is 14.3 Å². The average molecular weight is 600 g/mol. The van der Waals surface area contributed by atoms with E-state index in [2.05, 4.69) is 21.8 Å². The Hall–Kier alpha value is -3.41. The number of aryl methyl sites for hydroxylation is 1. The Morgan fingerprint density at radius 2 is 2.12 bits per heavy atom. The number of nitrogens with zero attached hydrogens (tertiary/aromatic N) is 7. The molecule has 13 heteroatoms. The van der Waals surface area contributed by atoms with E-state index in [4.69, 9.17) is 47.8 Å². The Morgan fingerprint density at radius 3 is 2.80 bits per heavy atom. The predicted molar refractivity (Wildman–Crippen MR) is 156 cm³/mol. The Labute approximate surface area is 247 Å². The highest BCUT2D eigenvalue weighted by atomic mass is 35.5. The van der Waals surface area contributed by atoms with Gasteiger partial charge < -0.3 is 19.7 Å². The number of carbonyl (C=O) groups excluding carboxylic acids is 1. The van der Waals surface area contributed by atoms with Crippen LogP contribution in [0.2, 0.25) is 0 Å². The molecule has 6 rings (SSSR count). The van der Waals surface area contributed by atoms with Crippen molar-refractivity contribution in [2.45, 2.75) is 43.3 Å². The van der Waals surface area contributed by atoms with Gasteiger partial charge in [-0.3, -0.25) is 14.7 Å². The van der Waals surface area contributed by atoms with Gasteiger partial charge in [-0.1, -0.05) is 18.2 Å². The van der Waals surface area contributed by atoms with Crippen LogP contribution in [0.5, 0.6) is 0 Å². The van der Waals surface area contributed by atoms with E-state index >= 15 is 0 Å². The van der Waals surface area contributed by atoms with E-state index in [-0.39, 0.29) is 11.9 Å². The number of ether oxygens (including phenoxy) is 2. The number of likely N-dealkylation sites (tertiary alicyclic amines) is 2. The van der Waals surface area contributed by atoms with Crippen LogP contribution in [0.3, 0.4) is 0 Å². The highest BCUT2D eigenvalue weighted by Gasteiger charge is 2.44. The first kappa shape index (κ1) is 27.7. The fourth-order valence-electron chi connectivity index (χ4n) is 6.18. The molecule has 11 nitrogen and oxygen atoms in total. The van der Waals surface area contributed by atoms with Gasteiger partial charge in [-0.15, -0.1) is 16.7 Å². The number of aromatic nitrogens is 3. The molecule has 1 amide bonds. The number of aliphatic imine (C=N–C) groups is 1. The first-order valence-electron chi connectivity index (χ1n) is 13.6. The van der Waals surface area contributed by atoms with Crippen LogP contribution in [0.4, 0.5) is 0 Å². The molecular weight excluding hydrogens is 567 g/mol. The van der Waals surface area contributed by atoms with Gasteiger partial charge >= 0.3 is 0 Å². The first-order valence-corrected chi connectivity index (χ1v) is 14.4. The van der Waals surface area contributed by atoms with E-state index in [1.807, 2.05) is 11.0 Å². The summed E-state index contributed by atoms with van der Waals surface area (Å²) in [5, 5.41) is 8.60. The highest BCUT2D eigenvalue weighted by Crippen LogP contribution is 2.36. The number of allylic oxidation sites excluding steroid dienone is 3. The van der Waals surface area contributed by atoms with E-state index in [1.54, 1.807) is 31.9 Å². The second-order valence-corrected chi connectivity index (χ2v) is 11.2. The van der Waals surface area contributed by atoms with Gasteiger partial charge in [0.05, 0.1) is 19.3 Å². The number of pyridine rings is 1. The molecule has 0 radical (unpaired) electrons. The monoisotopic (exact) mass is 598 g/mol. The molecule has 1 aliphatic carbocycles. The van der Waals surface area contributed by atoms with Crippen molar-refractivity contribution in [1.29, 1.82) is 0 Å². The van der Waals surface area contributed by atoms with Gasteiger partial charge in [0, 0.05) is 67.6 Å². The molecule has 3 unspecified atom stereocenters. The first-order chi connectivity index (χ1) is 19.9. The smallest absolute Gasteiger partial charge is 0.246 e. The van der Waals surface area contributed by atoms with Gasteiger partial charge in [-0.25, -0.2) is 4.98 Å². The van der Waals surface area contributed by atoms with Gasteiger partial charge in [0.15, 0.2) is 17.0 Å². The molecule has 2 fully saturated rings. The summed E-state index contributed by atoms with van der Waals surface area (Å²) in [5.41, 5.74) is 2.82. The van der Waals surface area contributed by atoms with Crippen LogP contribution in [0, 0.1) is 0 Å². The molecule has 4 aliphatic rings. The number of guanidine groups is 1. The van der Waals surface area contributed by atoms with Crippen LogP contribution < -0.4 is 16.0 Å². The number of carbonyl (C=O) groups is 1. The molecular formula is C28H32Cl2N8O3. The Bertz CT molecular complexity index is 1650. The fourth-order valence-corrected chi connectivity index (χ4v) is 6.96. The van der Waals surface area contributed by atoms with Crippen molar-refractivity contribution in [2.75, 3.05) is 40.9 Å². The number of alkyl halides is 1. The number of rotatable bonds is 7. The molecule has 216 valence electrons. The lowest BCUT2D eigenvalue weighted by Crippen LogP contribution is -2.48. The zero-order valence-corrected chi connectivity index (χ0v) is 24.7. The van der Waals surface area contributed by atoms with Crippen LogP contribution in [0.1, 0.15) is 24.2 Å². The summed E-state index contributed by atoms with van der Waals surface area (Å²) in [4.78, 5) is 30.4. The minimum atomic E-state index is -0.646. The molecule has 2 aromatic rings. The minimum absolute atomic E-state index is 0.0257. The summed E-state index contributed by atoms with van der Waals surface area (Å²) in [6.45, 7) is 6.71. The lowest BCUT2D eigenvalue weighted by Gasteiger charge is -2.33. The van der Waals surface area contributed by atoms with Crippen molar-refractivity contribution in [3.63, 3.8) is 0 Å². The van der Waals surface area contributed by atoms with E-state index < -0.39 is 5.38 Å². The fraction of sp³-hybridized carbons (Fsp3) is 0.464. The normalized spacial score (nSPS) is 26.2. The van der Waals surface area contributed by atoms with E-state index in [0.717, 1.165) is 43.3 Å². The third-order valence-electron chi connectivity index (χ3n) is 8.19. The molecule has 0 saturated carbocycles. The summed E-state index contributed by atoms with van der Waals surface area (Å²) in [6.07, 6.45) is 5.70. The summed E-state index contributed by atoms with van der Waals surface area (Å²) < 4.78 is 12.9. The summed E-state index contributed by atoms with van der Waals surface area (Å²) in [6, 6.07) is 2.67. The maximum absolute atomic E-state index is 12.1. The molecule has 2 bridgehead atoms. The topological polar surface area (TPSA) is 109 Å². The summed E-state index contributed by atoms with van der Waals surface area (Å²) in [5.74, 6) is 2.24. The number of hydrogen-bond acceptors (Lipinski definition) is 7. The second kappa shape index (κ2) is 11.1. The average Bonchev–Trinajstić information content (AvgIpc) is 3.71. The van der Waals surface area contributed by atoms with Gasteiger partial charge in [-0.05, 0) is 31.5 Å². The number of methoxy groups -OCH3 is 2. The highest BCUT2D eigenvalue weighted by molar-refractivity contribution is 6.41. The third-order valence-corrected chi connectivity index (χ3v) is 9.01. The predicted octanol–water partition coefficient (Wildman–Crippen LogP) is 1.24. The zero-order chi connectivity index (χ0) is 28.8. The Balaban J connectivity index is 1.35. The van der Waals surface area contributed by atoms with Crippen molar-refractivity contribution in [1.82, 2.24) is 29.7 Å². The molecule has 0 spiro atoms. The Morgan fingerprint density at radius 1 is 1.29 bits per heavy atom. The van der Waals surface area contributed by atoms with Gasteiger partial charge in [0.1, 0.15) is 16.9 Å². The number of nitrogens with one attached hydrogen (secondary N) is 1. The lowest BCUT2D eigenvalue weighted by molar-refractivity contribution is -0.128. The molecule has 41 heavy (non-hydrogen) atoms. The van der Waals surface area contributed by atoms with E-state index in [0.29, 0.717) is 64.0 Å². The summed E-state index contributed by atoms with van der Waals surface area (Å²) in [7, 11) is 4.82. The van der Waals surface area contributed by atoms with E-state index in [9.17, 15) is 4.79 Å². The molecule has 2 aromatic heterocycles. The lowest BCUT2D eigenvalue weighted by atomic mass is 10.0. The molecule has 5 heterocycles. The van der Waals surface area contributed by atoms with Crippen LogP contribution in [0.15, 0.2) is 51.3 Å². The molecule has 1 N–H and O–H groups in total. The van der Waals surface area contributed by atoms with Crippen LogP contribution in [-0.4, -0.2) is 94.6 Å². The molecule has 3 aliphatic heterocycles. The number of amides is 1. The molecule has 2 saturated heterocycles. The van der Waals surface area contributed by atoms with Crippen molar-refractivity contribution >= 4 is 46.3 Å². The quantitative estimate of drug-likeness (QED) is 0.377. The molecule has 3 atom stereocenters. The van der Waals surface area contributed by atoms with Crippen molar-refractivity contribution in [3.05, 3.63) is 63.4 Å². The maximum Gasteiger partial charge on any atom is 0.246 e. The van der Waals surface area contributed by atoms with Crippen LogP contribution in [-0.2, 0) is 27.2 Å². The number of fused-ring (bicyclic) bond motifs is 5. The third kappa shape index (κ3) is 4.79. The van der Waals surface area contributed by atoms with Crippen LogP contribution in [0.25, 0.3) is 11.2 Å².